The molecule has 4 rings (SSSR count). The summed E-state index contributed by atoms with van der Waals surface area (Å²) >= 11 is 0. The van der Waals surface area contributed by atoms with E-state index in [9.17, 15) is 4.79 Å². The van der Waals surface area contributed by atoms with Crippen LogP contribution in [0, 0.1) is 5.92 Å². The van der Waals surface area contributed by atoms with Crippen LogP contribution in [0.25, 0.3) is 0 Å². The minimum atomic E-state index is 0.0617. The van der Waals surface area contributed by atoms with E-state index < -0.39 is 0 Å². The zero-order chi connectivity index (χ0) is 22.3. The Balaban J connectivity index is 1.21. The SMILES string of the molecule is COc1cc(CCC2CCN(CC(=O)Nc3ccnn3C3CCCC3)CC2)cc(OC)c1. The van der Waals surface area contributed by atoms with E-state index in [0.29, 0.717) is 18.5 Å². The number of hydrogen-bond acceptors (Lipinski definition) is 5. The molecule has 1 aromatic carbocycles. The van der Waals surface area contributed by atoms with Gasteiger partial charge in [0.15, 0.2) is 0 Å². The van der Waals surface area contributed by atoms with Crippen LogP contribution in [0.15, 0.2) is 30.5 Å². The van der Waals surface area contributed by atoms with E-state index in [2.05, 4.69) is 27.4 Å². The lowest BCUT2D eigenvalue weighted by Crippen LogP contribution is -2.39. The van der Waals surface area contributed by atoms with E-state index in [0.717, 1.165) is 68.9 Å². The van der Waals surface area contributed by atoms with Crippen molar-refractivity contribution < 1.29 is 14.3 Å². The molecule has 1 aliphatic carbocycles. The van der Waals surface area contributed by atoms with Crippen LogP contribution in [0.1, 0.15) is 56.6 Å². The van der Waals surface area contributed by atoms with Crippen molar-refractivity contribution in [3.63, 3.8) is 0 Å². The van der Waals surface area contributed by atoms with Crippen LogP contribution in [-0.2, 0) is 11.2 Å². The van der Waals surface area contributed by atoms with Crippen LogP contribution in [0.3, 0.4) is 0 Å². The molecule has 1 saturated carbocycles. The molecule has 2 aliphatic rings. The van der Waals surface area contributed by atoms with Crippen LogP contribution in [0.4, 0.5) is 5.82 Å². The maximum absolute atomic E-state index is 12.6. The first-order chi connectivity index (χ1) is 15.6. The lowest BCUT2D eigenvalue weighted by atomic mass is 9.90. The molecule has 0 radical (unpaired) electrons. The third-order valence-electron chi connectivity index (χ3n) is 6.94. The lowest BCUT2D eigenvalue weighted by molar-refractivity contribution is -0.117. The van der Waals surface area contributed by atoms with Gasteiger partial charge in [-0.15, -0.1) is 0 Å². The van der Waals surface area contributed by atoms with Crippen molar-refractivity contribution in [2.75, 3.05) is 39.2 Å². The van der Waals surface area contributed by atoms with Crippen LogP contribution in [-0.4, -0.2) is 54.4 Å². The van der Waals surface area contributed by atoms with Gasteiger partial charge in [-0.25, -0.2) is 4.68 Å². The van der Waals surface area contributed by atoms with Gasteiger partial charge in [0.1, 0.15) is 17.3 Å². The fraction of sp³-hybridized carbons (Fsp3) is 0.600. The van der Waals surface area contributed by atoms with Gasteiger partial charge in [-0.2, -0.15) is 5.10 Å². The number of methoxy groups -OCH3 is 2. The molecule has 2 heterocycles. The van der Waals surface area contributed by atoms with Gasteiger partial charge in [0.05, 0.1) is 33.0 Å². The standard InChI is InChI=1S/C25H36N4O3/c1-31-22-15-20(16-23(17-22)32-2)8-7-19-10-13-28(14-11-19)18-25(30)27-24-9-12-26-29(24)21-5-3-4-6-21/h9,12,15-17,19,21H,3-8,10-11,13-14,18H2,1-2H3,(H,27,30). The molecule has 1 saturated heterocycles. The maximum Gasteiger partial charge on any atom is 0.239 e. The number of piperidine rings is 1. The molecule has 1 N–H and O–H groups in total. The van der Waals surface area contributed by atoms with Crippen molar-refractivity contribution in [1.82, 2.24) is 14.7 Å². The fourth-order valence-corrected chi connectivity index (χ4v) is 5.05. The number of aryl methyl sites for hydroxylation is 1. The number of carbonyl (C=O) groups is 1. The summed E-state index contributed by atoms with van der Waals surface area (Å²) in [6.45, 7) is 2.40. The van der Waals surface area contributed by atoms with Gasteiger partial charge >= 0.3 is 0 Å². The second kappa shape index (κ2) is 10.9. The van der Waals surface area contributed by atoms with Crippen molar-refractivity contribution in [1.29, 1.82) is 0 Å². The van der Waals surface area contributed by atoms with E-state index in [1.165, 1.54) is 18.4 Å². The molecule has 0 bridgehead atoms. The molecule has 0 spiro atoms. The number of carbonyl (C=O) groups excluding carboxylic acids is 1. The minimum absolute atomic E-state index is 0.0617. The zero-order valence-corrected chi connectivity index (χ0v) is 19.4. The van der Waals surface area contributed by atoms with E-state index in [1.807, 2.05) is 16.8 Å². The largest absolute Gasteiger partial charge is 0.497 e. The Hall–Kier alpha value is -2.54. The number of nitrogens with one attached hydrogen (secondary N) is 1. The van der Waals surface area contributed by atoms with Gasteiger partial charge < -0.3 is 14.8 Å². The summed E-state index contributed by atoms with van der Waals surface area (Å²) in [6, 6.07) is 8.45. The summed E-state index contributed by atoms with van der Waals surface area (Å²) in [5.74, 6) is 3.27. The third kappa shape index (κ3) is 5.82. The Kier molecular flexibility index (Phi) is 7.68. The van der Waals surface area contributed by atoms with Crippen LogP contribution < -0.4 is 14.8 Å². The van der Waals surface area contributed by atoms with E-state index in [-0.39, 0.29) is 5.91 Å². The quantitative estimate of drug-likeness (QED) is 0.630. The molecule has 174 valence electrons. The maximum atomic E-state index is 12.6. The molecule has 2 aromatic rings. The average molecular weight is 441 g/mol. The van der Waals surface area contributed by atoms with E-state index in [1.54, 1.807) is 20.4 Å². The number of ether oxygens (including phenoxy) is 2. The number of rotatable bonds is 9. The highest BCUT2D eigenvalue weighted by atomic mass is 16.5. The number of likely N-dealkylation sites (tertiary alicyclic amines) is 1. The van der Waals surface area contributed by atoms with Crippen molar-refractivity contribution in [2.24, 2.45) is 5.92 Å². The van der Waals surface area contributed by atoms with Gasteiger partial charge in [0, 0.05) is 12.1 Å². The Morgan fingerprint density at radius 3 is 2.41 bits per heavy atom. The Morgan fingerprint density at radius 2 is 1.75 bits per heavy atom. The van der Waals surface area contributed by atoms with Crippen LogP contribution in [0.2, 0.25) is 0 Å². The van der Waals surface area contributed by atoms with Crippen molar-refractivity contribution >= 4 is 11.7 Å². The van der Waals surface area contributed by atoms with Gasteiger partial charge in [-0.1, -0.05) is 12.8 Å². The normalized spacial score (nSPS) is 18.1. The number of hydrogen-bond donors (Lipinski definition) is 1. The van der Waals surface area contributed by atoms with Crippen LogP contribution >= 0.6 is 0 Å². The molecule has 32 heavy (non-hydrogen) atoms. The Labute approximate surface area is 191 Å². The van der Waals surface area contributed by atoms with Crippen molar-refractivity contribution in [2.45, 2.75) is 57.4 Å². The molecule has 1 aromatic heterocycles. The van der Waals surface area contributed by atoms with Gasteiger partial charge in [0.25, 0.3) is 0 Å². The predicted molar refractivity (Wildman–Crippen MR) is 125 cm³/mol. The molecule has 1 aliphatic heterocycles. The first kappa shape index (κ1) is 22.6. The van der Waals surface area contributed by atoms with Gasteiger partial charge in [-0.05, 0) is 75.2 Å². The fourth-order valence-electron chi connectivity index (χ4n) is 5.05. The molecule has 1 amide bonds. The number of anilines is 1. The number of amides is 1. The molecular formula is C25H36N4O3. The molecule has 7 nitrogen and oxygen atoms in total. The number of aromatic nitrogens is 2. The first-order valence-corrected chi connectivity index (χ1v) is 11.9. The van der Waals surface area contributed by atoms with E-state index >= 15 is 0 Å². The third-order valence-corrected chi connectivity index (χ3v) is 6.94. The van der Waals surface area contributed by atoms with E-state index in [4.69, 9.17) is 9.47 Å². The zero-order valence-electron chi connectivity index (χ0n) is 19.4. The number of nitrogens with zero attached hydrogens (tertiary/aromatic N) is 3. The van der Waals surface area contributed by atoms with Crippen LogP contribution in [0.5, 0.6) is 11.5 Å². The second-order valence-corrected chi connectivity index (χ2v) is 9.13. The summed E-state index contributed by atoms with van der Waals surface area (Å²) in [6.07, 6.45) is 11.0. The summed E-state index contributed by atoms with van der Waals surface area (Å²) in [7, 11) is 3.37. The average Bonchev–Trinajstić information content (AvgIpc) is 3.50. The Bertz CT molecular complexity index is 861. The first-order valence-electron chi connectivity index (χ1n) is 11.9. The molecule has 2 fully saturated rings. The summed E-state index contributed by atoms with van der Waals surface area (Å²) < 4.78 is 12.8. The summed E-state index contributed by atoms with van der Waals surface area (Å²) in [4.78, 5) is 14.9. The highest BCUT2D eigenvalue weighted by Gasteiger charge is 2.23. The van der Waals surface area contributed by atoms with Gasteiger partial charge in [0.2, 0.25) is 5.91 Å². The highest BCUT2D eigenvalue weighted by Crippen LogP contribution is 2.31. The molecule has 0 unspecified atom stereocenters. The number of benzene rings is 1. The highest BCUT2D eigenvalue weighted by molar-refractivity contribution is 5.91. The van der Waals surface area contributed by atoms with Crippen molar-refractivity contribution in [3.8, 4) is 11.5 Å². The minimum Gasteiger partial charge on any atom is -0.497 e. The lowest BCUT2D eigenvalue weighted by Gasteiger charge is -2.31. The van der Waals surface area contributed by atoms with Crippen molar-refractivity contribution in [3.05, 3.63) is 36.0 Å². The molecule has 0 atom stereocenters. The molecular weight excluding hydrogens is 404 g/mol. The smallest absolute Gasteiger partial charge is 0.239 e. The monoisotopic (exact) mass is 440 g/mol. The summed E-state index contributed by atoms with van der Waals surface area (Å²) in [5, 5.41) is 7.54. The topological polar surface area (TPSA) is 68.6 Å². The summed E-state index contributed by atoms with van der Waals surface area (Å²) in [5.41, 5.74) is 1.25. The second-order valence-electron chi connectivity index (χ2n) is 9.13. The van der Waals surface area contributed by atoms with Gasteiger partial charge in [-0.3, -0.25) is 9.69 Å². The molecule has 7 heteroatoms. The Morgan fingerprint density at radius 1 is 1.06 bits per heavy atom. The predicted octanol–water partition coefficient (Wildman–Crippen LogP) is 4.30.